The maximum atomic E-state index is 9.75. The lowest BCUT2D eigenvalue weighted by Gasteiger charge is -2.09. The summed E-state index contributed by atoms with van der Waals surface area (Å²) in [5.74, 6) is -0.0771. The number of halogens is 1. The highest BCUT2D eigenvalue weighted by molar-refractivity contribution is 5.90. The van der Waals surface area contributed by atoms with Crippen molar-refractivity contribution >= 4 is 23.2 Å². The molecule has 19 heavy (non-hydrogen) atoms. The molecular formula is C15H20ClNO2. The first kappa shape index (κ1) is 15.6. The Morgan fingerprint density at radius 1 is 1.16 bits per heavy atom. The Balaban J connectivity index is 0.00000180. The number of benzene rings is 2. The molecule has 0 fully saturated rings. The second-order valence-electron chi connectivity index (χ2n) is 4.53. The van der Waals surface area contributed by atoms with E-state index in [1.165, 1.54) is 5.56 Å². The van der Waals surface area contributed by atoms with E-state index in [-0.39, 0.29) is 23.9 Å². The van der Waals surface area contributed by atoms with Crippen LogP contribution in [0.25, 0.3) is 10.8 Å². The standard InChI is InChI=1S/C15H19NO2.ClH/c1-3-16-7-6-11-4-5-12-9-14(17)15(18)10(2)13(12)8-11;/h4-5,8-9,16-18H,3,6-7H2,1-2H3;1H. The Kier molecular flexibility index (Phi) is 5.45. The lowest BCUT2D eigenvalue weighted by atomic mass is 10.00. The monoisotopic (exact) mass is 281 g/mol. The maximum absolute atomic E-state index is 9.75. The molecule has 0 aliphatic carbocycles. The molecule has 0 aliphatic rings. The fraction of sp³-hybridized carbons (Fsp3) is 0.333. The molecule has 104 valence electrons. The summed E-state index contributed by atoms with van der Waals surface area (Å²) in [5.41, 5.74) is 1.96. The molecule has 0 aromatic heterocycles. The quantitative estimate of drug-likeness (QED) is 0.596. The summed E-state index contributed by atoms with van der Waals surface area (Å²) in [6, 6.07) is 7.74. The summed E-state index contributed by atoms with van der Waals surface area (Å²) in [6.45, 7) is 5.84. The summed E-state index contributed by atoms with van der Waals surface area (Å²) in [5, 5.41) is 24.6. The van der Waals surface area contributed by atoms with E-state index in [1.807, 2.05) is 13.0 Å². The summed E-state index contributed by atoms with van der Waals surface area (Å²) >= 11 is 0. The summed E-state index contributed by atoms with van der Waals surface area (Å²) < 4.78 is 0. The fourth-order valence-electron chi connectivity index (χ4n) is 2.15. The van der Waals surface area contributed by atoms with Crippen molar-refractivity contribution in [3.8, 4) is 11.5 Å². The molecule has 0 amide bonds. The Bertz CT molecular complexity index is 570. The second kappa shape index (κ2) is 6.64. The summed E-state index contributed by atoms with van der Waals surface area (Å²) in [6.07, 6.45) is 0.963. The Morgan fingerprint density at radius 2 is 1.89 bits per heavy atom. The molecule has 0 aliphatic heterocycles. The molecule has 3 nitrogen and oxygen atoms in total. The lowest BCUT2D eigenvalue weighted by molar-refractivity contribution is 0.402. The molecule has 0 atom stereocenters. The van der Waals surface area contributed by atoms with E-state index in [1.54, 1.807) is 6.07 Å². The van der Waals surface area contributed by atoms with Crippen LogP contribution in [0, 0.1) is 6.92 Å². The zero-order valence-electron chi connectivity index (χ0n) is 11.2. The van der Waals surface area contributed by atoms with Crippen LogP contribution in [0.3, 0.4) is 0 Å². The Hall–Kier alpha value is -1.45. The summed E-state index contributed by atoms with van der Waals surface area (Å²) in [4.78, 5) is 0. The van der Waals surface area contributed by atoms with Crippen molar-refractivity contribution in [1.29, 1.82) is 0 Å². The van der Waals surface area contributed by atoms with E-state index >= 15 is 0 Å². The normalized spacial score (nSPS) is 10.4. The van der Waals surface area contributed by atoms with Gasteiger partial charge in [0.05, 0.1) is 0 Å². The molecule has 2 rings (SSSR count). The van der Waals surface area contributed by atoms with Gasteiger partial charge in [-0.05, 0) is 48.8 Å². The molecule has 4 heteroatoms. The number of hydrogen-bond donors (Lipinski definition) is 3. The van der Waals surface area contributed by atoms with Gasteiger partial charge in [0.2, 0.25) is 0 Å². The minimum atomic E-state index is -0.0552. The first-order chi connectivity index (χ1) is 8.63. The molecule has 0 saturated heterocycles. The molecule has 3 N–H and O–H groups in total. The van der Waals surface area contributed by atoms with Crippen molar-refractivity contribution in [3.05, 3.63) is 35.4 Å². The van der Waals surface area contributed by atoms with E-state index in [0.717, 1.165) is 35.8 Å². The molecule has 0 saturated carbocycles. The van der Waals surface area contributed by atoms with Crippen molar-refractivity contribution < 1.29 is 10.2 Å². The highest BCUT2D eigenvalue weighted by Crippen LogP contribution is 2.35. The number of rotatable bonds is 4. The number of nitrogens with one attached hydrogen (secondary N) is 1. The number of phenols is 2. The molecule has 0 bridgehead atoms. The van der Waals surface area contributed by atoms with Crippen LogP contribution in [-0.4, -0.2) is 23.3 Å². The van der Waals surface area contributed by atoms with Gasteiger partial charge in [-0.25, -0.2) is 0 Å². The molecule has 2 aromatic carbocycles. The lowest BCUT2D eigenvalue weighted by Crippen LogP contribution is -2.15. The highest BCUT2D eigenvalue weighted by atomic mass is 35.5. The third-order valence-electron chi connectivity index (χ3n) is 3.25. The van der Waals surface area contributed by atoms with Crippen LogP contribution < -0.4 is 5.32 Å². The largest absolute Gasteiger partial charge is 0.504 e. The minimum absolute atomic E-state index is 0. The minimum Gasteiger partial charge on any atom is -0.504 e. The van der Waals surface area contributed by atoms with E-state index < -0.39 is 0 Å². The summed E-state index contributed by atoms with van der Waals surface area (Å²) in [7, 11) is 0. The van der Waals surface area contributed by atoms with E-state index in [9.17, 15) is 10.2 Å². The van der Waals surface area contributed by atoms with Gasteiger partial charge in [-0.15, -0.1) is 12.4 Å². The van der Waals surface area contributed by atoms with Crippen molar-refractivity contribution in [2.75, 3.05) is 13.1 Å². The average molecular weight is 282 g/mol. The molecule has 2 aromatic rings. The number of hydrogen-bond acceptors (Lipinski definition) is 3. The van der Waals surface area contributed by atoms with Gasteiger partial charge in [0.25, 0.3) is 0 Å². The van der Waals surface area contributed by atoms with Crippen molar-refractivity contribution in [2.45, 2.75) is 20.3 Å². The van der Waals surface area contributed by atoms with Gasteiger partial charge in [0.1, 0.15) is 0 Å². The number of aromatic hydroxyl groups is 2. The number of phenolic OH excluding ortho intramolecular Hbond substituents is 2. The topological polar surface area (TPSA) is 52.5 Å². The zero-order chi connectivity index (χ0) is 13.1. The molecule has 0 unspecified atom stereocenters. The van der Waals surface area contributed by atoms with Gasteiger partial charge in [0, 0.05) is 5.56 Å². The van der Waals surface area contributed by atoms with Crippen LogP contribution in [-0.2, 0) is 6.42 Å². The zero-order valence-corrected chi connectivity index (χ0v) is 12.0. The van der Waals surface area contributed by atoms with E-state index in [0.29, 0.717) is 0 Å². The average Bonchev–Trinajstić information content (AvgIpc) is 2.37. The van der Waals surface area contributed by atoms with Crippen molar-refractivity contribution in [3.63, 3.8) is 0 Å². The maximum Gasteiger partial charge on any atom is 0.161 e. The third-order valence-corrected chi connectivity index (χ3v) is 3.25. The van der Waals surface area contributed by atoms with E-state index in [4.69, 9.17) is 0 Å². The molecular weight excluding hydrogens is 262 g/mol. The van der Waals surface area contributed by atoms with Crippen LogP contribution in [0.15, 0.2) is 24.3 Å². The third kappa shape index (κ3) is 3.31. The highest BCUT2D eigenvalue weighted by Gasteiger charge is 2.08. The van der Waals surface area contributed by atoms with Gasteiger partial charge in [-0.1, -0.05) is 25.1 Å². The van der Waals surface area contributed by atoms with Crippen LogP contribution in [0.4, 0.5) is 0 Å². The van der Waals surface area contributed by atoms with Gasteiger partial charge in [-0.2, -0.15) is 0 Å². The Labute approximate surface area is 119 Å². The number of fused-ring (bicyclic) bond motifs is 1. The first-order valence-electron chi connectivity index (χ1n) is 6.28. The van der Waals surface area contributed by atoms with Crippen molar-refractivity contribution in [1.82, 2.24) is 5.32 Å². The first-order valence-corrected chi connectivity index (χ1v) is 6.28. The van der Waals surface area contributed by atoms with Gasteiger partial charge in [-0.3, -0.25) is 0 Å². The van der Waals surface area contributed by atoms with Crippen LogP contribution in [0.2, 0.25) is 0 Å². The van der Waals surface area contributed by atoms with E-state index in [2.05, 4.69) is 24.4 Å². The SMILES string of the molecule is CCNCCc1ccc2cc(O)c(O)c(C)c2c1.Cl. The van der Waals surface area contributed by atoms with Gasteiger partial charge < -0.3 is 15.5 Å². The van der Waals surface area contributed by atoms with Gasteiger partial charge >= 0.3 is 0 Å². The van der Waals surface area contributed by atoms with Crippen LogP contribution in [0.5, 0.6) is 11.5 Å². The predicted molar refractivity (Wildman–Crippen MR) is 81.5 cm³/mol. The second-order valence-corrected chi connectivity index (χ2v) is 4.53. The smallest absolute Gasteiger partial charge is 0.161 e. The molecule has 0 radical (unpaired) electrons. The molecule has 0 heterocycles. The Morgan fingerprint density at radius 3 is 2.58 bits per heavy atom. The van der Waals surface area contributed by atoms with Crippen LogP contribution in [0.1, 0.15) is 18.1 Å². The van der Waals surface area contributed by atoms with Crippen molar-refractivity contribution in [2.24, 2.45) is 0 Å². The predicted octanol–water partition coefficient (Wildman–Crippen LogP) is 3.13. The molecule has 0 spiro atoms. The van der Waals surface area contributed by atoms with Crippen LogP contribution >= 0.6 is 12.4 Å². The fourth-order valence-corrected chi connectivity index (χ4v) is 2.15. The van der Waals surface area contributed by atoms with Gasteiger partial charge in [0.15, 0.2) is 11.5 Å². The number of likely N-dealkylation sites (N-methyl/N-ethyl adjacent to an activating group) is 1. The number of aryl methyl sites for hydroxylation is 1.